The van der Waals surface area contributed by atoms with E-state index in [-0.39, 0.29) is 5.75 Å². The molecule has 0 saturated heterocycles. The summed E-state index contributed by atoms with van der Waals surface area (Å²) in [6, 6.07) is 0. The van der Waals surface area contributed by atoms with Crippen LogP contribution in [0, 0.1) is 5.92 Å². The molecule has 17 heavy (non-hydrogen) atoms. The summed E-state index contributed by atoms with van der Waals surface area (Å²) < 4.78 is 2.16. The van der Waals surface area contributed by atoms with Gasteiger partial charge in [0.2, 0.25) is 0 Å². The zero-order valence-electron chi connectivity index (χ0n) is 9.50. The molecule has 1 aromatic heterocycles. The van der Waals surface area contributed by atoms with Gasteiger partial charge < -0.3 is 9.67 Å². The number of aliphatic carboxylic acids is 1. The van der Waals surface area contributed by atoms with E-state index in [9.17, 15) is 4.79 Å². The molecule has 0 amide bonds. The van der Waals surface area contributed by atoms with Crippen LogP contribution in [-0.4, -0.2) is 31.6 Å². The molecule has 1 heterocycles. The van der Waals surface area contributed by atoms with Gasteiger partial charge in [-0.1, -0.05) is 11.8 Å². The molecule has 3 rings (SSSR count). The number of carbonyl (C=O) groups is 1. The Hall–Kier alpha value is -1.04. The molecular weight excluding hydrogens is 238 g/mol. The maximum absolute atomic E-state index is 10.6. The lowest BCUT2D eigenvalue weighted by Crippen LogP contribution is -2.07. The Morgan fingerprint density at radius 2 is 2.12 bits per heavy atom. The molecule has 0 bridgehead atoms. The summed E-state index contributed by atoms with van der Waals surface area (Å²) in [5, 5.41) is 17.9. The van der Waals surface area contributed by atoms with Gasteiger partial charge in [-0.2, -0.15) is 0 Å². The van der Waals surface area contributed by atoms with E-state index in [4.69, 9.17) is 5.11 Å². The van der Waals surface area contributed by atoms with Crippen LogP contribution in [0.1, 0.15) is 37.4 Å². The Kier molecular flexibility index (Phi) is 2.82. The minimum Gasteiger partial charge on any atom is -0.481 e. The summed E-state index contributed by atoms with van der Waals surface area (Å²) in [5.41, 5.74) is 0. The molecule has 0 radical (unpaired) electrons. The molecule has 0 spiro atoms. The van der Waals surface area contributed by atoms with Crippen LogP contribution in [-0.2, 0) is 11.3 Å². The van der Waals surface area contributed by atoms with E-state index < -0.39 is 5.97 Å². The van der Waals surface area contributed by atoms with Crippen LogP contribution in [0.5, 0.6) is 0 Å². The fraction of sp³-hybridized carbons (Fsp3) is 0.727. The van der Waals surface area contributed by atoms with Crippen LogP contribution in [0.4, 0.5) is 0 Å². The average molecular weight is 253 g/mol. The first-order chi connectivity index (χ1) is 8.24. The highest BCUT2D eigenvalue weighted by Crippen LogP contribution is 2.41. The standard InChI is InChI=1S/C11H15N3O2S/c15-9(16)6-17-11-13-12-10(8-3-4-8)14(11)5-7-1-2-7/h7-8H,1-6H2,(H,15,16). The van der Waals surface area contributed by atoms with E-state index >= 15 is 0 Å². The van der Waals surface area contributed by atoms with Gasteiger partial charge in [-0.15, -0.1) is 10.2 Å². The summed E-state index contributed by atoms with van der Waals surface area (Å²) >= 11 is 1.28. The lowest BCUT2D eigenvalue weighted by atomic mass is 10.3. The van der Waals surface area contributed by atoms with E-state index in [1.807, 2.05) is 0 Å². The lowest BCUT2D eigenvalue weighted by Gasteiger charge is -2.07. The first kappa shape index (κ1) is 11.1. The van der Waals surface area contributed by atoms with Crippen LogP contribution in [0.25, 0.3) is 0 Å². The Balaban J connectivity index is 1.77. The summed E-state index contributed by atoms with van der Waals surface area (Å²) in [6.07, 6.45) is 4.97. The van der Waals surface area contributed by atoms with Crippen LogP contribution < -0.4 is 0 Å². The molecule has 2 aliphatic carbocycles. The predicted octanol–water partition coefficient (Wildman–Crippen LogP) is 1.74. The molecule has 2 saturated carbocycles. The molecule has 0 unspecified atom stereocenters. The monoisotopic (exact) mass is 253 g/mol. The van der Waals surface area contributed by atoms with Crippen molar-refractivity contribution in [3.8, 4) is 0 Å². The van der Waals surface area contributed by atoms with Crippen molar-refractivity contribution >= 4 is 17.7 Å². The first-order valence-electron chi connectivity index (χ1n) is 6.01. The summed E-state index contributed by atoms with van der Waals surface area (Å²) in [5.74, 6) is 1.66. The minimum absolute atomic E-state index is 0.0630. The molecule has 1 N–H and O–H groups in total. The van der Waals surface area contributed by atoms with Crippen LogP contribution in [0.15, 0.2) is 5.16 Å². The molecule has 0 atom stereocenters. The second-order valence-corrected chi connectivity index (χ2v) is 5.79. The zero-order chi connectivity index (χ0) is 11.8. The van der Waals surface area contributed by atoms with Crippen molar-refractivity contribution in [1.29, 1.82) is 0 Å². The molecule has 5 nitrogen and oxygen atoms in total. The SMILES string of the molecule is O=C(O)CSc1nnc(C2CC2)n1CC1CC1. The third-order valence-corrected chi connectivity index (χ3v) is 4.10. The Morgan fingerprint density at radius 1 is 1.35 bits per heavy atom. The van der Waals surface area contributed by atoms with Gasteiger partial charge in [0.25, 0.3) is 0 Å². The Bertz CT molecular complexity index is 438. The smallest absolute Gasteiger partial charge is 0.313 e. The maximum Gasteiger partial charge on any atom is 0.313 e. The number of hydrogen-bond donors (Lipinski definition) is 1. The molecule has 1 aromatic rings. The second-order valence-electron chi connectivity index (χ2n) is 4.85. The van der Waals surface area contributed by atoms with Gasteiger partial charge in [0.1, 0.15) is 5.82 Å². The van der Waals surface area contributed by atoms with Gasteiger partial charge >= 0.3 is 5.97 Å². The highest BCUT2D eigenvalue weighted by Gasteiger charge is 2.32. The Morgan fingerprint density at radius 3 is 2.71 bits per heavy atom. The molecule has 2 aliphatic rings. The van der Waals surface area contributed by atoms with E-state index in [1.54, 1.807) is 0 Å². The van der Waals surface area contributed by atoms with E-state index in [1.165, 1.54) is 37.4 Å². The second kappa shape index (κ2) is 4.33. The fourth-order valence-electron chi connectivity index (χ4n) is 1.91. The highest BCUT2D eigenvalue weighted by molar-refractivity contribution is 7.99. The topological polar surface area (TPSA) is 68.0 Å². The summed E-state index contributed by atoms with van der Waals surface area (Å²) in [7, 11) is 0. The van der Waals surface area contributed by atoms with Crippen molar-refractivity contribution in [2.45, 2.75) is 43.3 Å². The van der Waals surface area contributed by atoms with Gasteiger partial charge in [-0.3, -0.25) is 4.79 Å². The molecule has 0 aromatic carbocycles. The summed E-state index contributed by atoms with van der Waals surface area (Å²) in [6.45, 7) is 0.973. The molecule has 6 heteroatoms. The molecule has 0 aliphatic heterocycles. The largest absolute Gasteiger partial charge is 0.481 e. The van der Waals surface area contributed by atoms with Crippen LogP contribution >= 0.6 is 11.8 Å². The van der Waals surface area contributed by atoms with E-state index in [0.29, 0.717) is 5.92 Å². The predicted molar refractivity (Wildman–Crippen MR) is 63.1 cm³/mol. The lowest BCUT2D eigenvalue weighted by molar-refractivity contribution is -0.133. The quantitative estimate of drug-likeness (QED) is 0.782. The normalized spacial score (nSPS) is 19.5. The number of rotatable bonds is 6. The third kappa shape index (κ3) is 2.62. The van der Waals surface area contributed by atoms with Gasteiger partial charge in [0, 0.05) is 12.5 Å². The number of aromatic nitrogens is 3. The van der Waals surface area contributed by atoms with Gasteiger partial charge in [-0.05, 0) is 31.6 Å². The van der Waals surface area contributed by atoms with Crippen LogP contribution in [0.3, 0.4) is 0 Å². The molecule has 2 fully saturated rings. The Labute approximate surface area is 104 Å². The molecule has 92 valence electrons. The average Bonchev–Trinajstić information content (AvgIpc) is 3.16. The number of hydrogen-bond acceptors (Lipinski definition) is 4. The van der Waals surface area contributed by atoms with Gasteiger partial charge in [0.15, 0.2) is 5.16 Å². The zero-order valence-corrected chi connectivity index (χ0v) is 10.3. The first-order valence-corrected chi connectivity index (χ1v) is 7.00. The van der Waals surface area contributed by atoms with E-state index in [0.717, 1.165) is 23.4 Å². The number of carboxylic acids is 1. The highest BCUT2D eigenvalue weighted by atomic mass is 32.2. The number of carboxylic acid groups (broad SMARTS) is 1. The van der Waals surface area contributed by atoms with Crippen molar-refractivity contribution in [1.82, 2.24) is 14.8 Å². The number of nitrogens with zero attached hydrogens (tertiary/aromatic N) is 3. The van der Waals surface area contributed by atoms with Crippen molar-refractivity contribution < 1.29 is 9.90 Å². The fourth-order valence-corrected chi connectivity index (χ4v) is 2.58. The van der Waals surface area contributed by atoms with Crippen LogP contribution in [0.2, 0.25) is 0 Å². The minimum atomic E-state index is -0.802. The van der Waals surface area contributed by atoms with Crippen molar-refractivity contribution in [2.24, 2.45) is 5.92 Å². The third-order valence-electron chi connectivity index (χ3n) is 3.15. The van der Waals surface area contributed by atoms with Gasteiger partial charge in [0.05, 0.1) is 5.75 Å². The van der Waals surface area contributed by atoms with Crippen molar-refractivity contribution in [3.05, 3.63) is 5.82 Å². The summed E-state index contributed by atoms with van der Waals surface area (Å²) in [4.78, 5) is 10.6. The number of thioether (sulfide) groups is 1. The van der Waals surface area contributed by atoms with Crippen molar-refractivity contribution in [2.75, 3.05) is 5.75 Å². The van der Waals surface area contributed by atoms with E-state index in [2.05, 4.69) is 14.8 Å². The van der Waals surface area contributed by atoms with Gasteiger partial charge in [-0.25, -0.2) is 0 Å². The maximum atomic E-state index is 10.6. The molecular formula is C11H15N3O2S. The van der Waals surface area contributed by atoms with Crippen molar-refractivity contribution in [3.63, 3.8) is 0 Å².